The van der Waals surface area contributed by atoms with Crippen LogP contribution in [0.2, 0.25) is 0 Å². The second kappa shape index (κ2) is 5.96. The second-order valence-electron chi connectivity index (χ2n) is 6.51. The van der Waals surface area contributed by atoms with Crippen molar-refractivity contribution in [1.82, 2.24) is 0 Å². The predicted octanol–water partition coefficient (Wildman–Crippen LogP) is 3.95. The molecule has 1 fully saturated rings. The quantitative estimate of drug-likeness (QED) is 0.890. The summed E-state index contributed by atoms with van der Waals surface area (Å²) in [7, 11) is 0. The molecule has 19 heavy (non-hydrogen) atoms. The summed E-state index contributed by atoms with van der Waals surface area (Å²) < 4.78 is 5.63. The van der Waals surface area contributed by atoms with Crippen LogP contribution in [-0.2, 0) is 0 Å². The monoisotopic (exact) mass is 261 g/mol. The minimum absolute atomic E-state index is 0.429. The fraction of sp³-hybridized carbons (Fsp3) is 0.647. The Morgan fingerprint density at radius 1 is 1.37 bits per heavy atom. The molecule has 2 N–H and O–H groups in total. The molecule has 0 aromatic heterocycles. The summed E-state index contributed by atoms with van der Waals surface area (Å²) in [6.45, 7) is 8.29. The van der Waals surface area contributed by atoms with Crippen LogP contribution in [0.1, 0.15) is 51.5 Å². The molecule has 2 rings (SSSR count). The standard InChI is InChI=1S/C17H27NO/c1-4-19-15-7-5-6-13(10-15)16-11-17(2,3)9-8-14(16)12-18/h5-7,10,14,16H,4,8-9,11-12,18H2,1-3H3. The van der Waals surface area contributed by atoms with Gasteiger partial charge in [0.1, 0.15) is 5.75 Å². The predicted molar refractivity (Wildman–Crippen MR) is 80.5 cm³/mol. The summed E-state index contributed by atoms with van der Waals surface area (Å²) in [5, 5.41) is 0. The number of ether oxygens (including phenoxy) is 1. The van der Waals surface area contributed by atoms with E-state index >= 15 is 0 Å². The SMILES string of the molecule is CCOc1cccc(C2CC(C)(C)CCC2CN)c1. The third kappa shape index (κ3) is 3.50. The van der Waals surface area contributed by atoms with Gasteiger partial charge in [0, 0.05) is 0 Å². The average Bonchev–Trinajstić information content (AvgIpc) is 2.38. The lowest BCUT2D eigenvalue weighted by Crippen LogP contribution is -2.32. The molecular formula is C17H27NO. The lowest BCUT2D eigenvalue weighted by molar-refractivity contribution is 0.165. The maximum Gasteiger partial charge on any atom is 0.119 e. The van der Waals surface area contributed by atoms with Crippen molar-refractivity contribution in [2.24, 2.45) is 17.1 Å². The van der Waals surface area contributed by atoms with Crippen molar-refractivity contribution in [3.05, 3.63) is 29.8 Å². The van der Waals surface area contributed by atoms with Gasteiger partial charge in [-0.1, -0.05) is 26.0 Å². The molecule has 0 heterocycles. The van der Waals surface area contributed by atoms with E-state index in [1.54, 1.807) is 0 Å². The zero-order valence-electron chi connectivity index (χ0n) is 12.5. The fourth-order valence-electron chi connectivity index (χ4n) is 3.32. The van der Waals surface area contributed by atoms with Gasteiger partial charge in [-0.3, -0.25) is 0 Å². The first-order valence-electron chi connectivity index (χ1n) is 7.48. The first-order valence-corrected chi connectivity index (χ1v) is 7.48. The van der Waals surface area contributed by atoms with E-state index < -0.39 is 0 Å². The number of hydrogen-bond donors (Lipinski definition) is 1. The van der Waals surface area contributed by atoms with E-state index in [9.17, 15) is 0 Å². The summed E-state index contributed by atoms with van der Waals surface area (Å²) in [6.07, 6.45) is 3.76. The number of rotatable bonds is 4. The minimum atomic E-state index is 0.429. The van der Waals surface area contributed by atoms with Crippen LogP contribution in [-0.4, -0.2) is 13.2 Å². The van der Waals surface area contributed by atoms with Crippen LogP contribution in [0.25, 0.3) is 0 Å². The van der Waals surface area contributed by atoms with Crippen molar-refractivity contribution in [2.45, 2.75) is 46.0 Å². The molecule has 0 saturated heterocycles. The Labute approximate surface area is 117 Å². The third-order valence-corrected chi connectivity index (χ3v) is 4.43. The van der Waals surface area contributed by atoms with Gasteiger partial charge in [0.15, 0.2) is 0 Å². The molecule has 2 nitrogen and oxygen atoms in total. The molecule has 0 aliphatic heterocycles. The van der Waals surface area contributed by atoms with Crippen molar-refractivity contribution < 1.29 is 4.74 Å². The average molecular weight is 261 g/mol. The Hall–Kier alpha value is -1.02. The lowest BCUT2D eigenvalue weighted by atomic mass is 9.65. The van der Waals surface area contributed by atoms with E-state index in [1.165, 1.54) is 24.8 Å². The molecule has 1 aromatic rings. The second-order valence-corrected chi connectivity index (χ2v) is 6.51. The van der Waals surface area contributed by atoms with Gasteiger partial charge in [-0.25, -0.2) is 0 Å². The van der Waals surface area contributed by atoms with Gasteiger partial charge >= 0.3 is 0 Å². The maximum atomic E-state index is 5.99. The molecule has 0 spiro atoms. The Morgan fingerprint density at radius 3 is 2.84 bits per heavy atom. The zero-order chi connectivity index (χ0) is 13.9. The van der Waals surface area contributed by atoms with Crippen molar-refractivity contribution in [2.75, 3.05) is 13.2 Å². The molecular weight excluding hydrogens is 234 g/mol. The molecule has 0 amide bonds. The topological polar surface area (TPSA) is 35.2 Å². The lowest BCUT2D eigenvalue weighted by Gasteiger charge is -2.40. The third-order valence-electron chi connectivity index (χ3n) is 4.43. The van der Waals surface area contributed by atoms with Crippen LogP contribution in [0.4, 0.5) is 0 Å². The largest absolute Gasteiger partial charge is 0.494 e. The van der Waals surface area contributed by atoms with Crippen molar-refractivity contribution in [3.8, 4) is 5.75 Å². The summed E-state index contributed by atoms with van der Waals surface area (Å²) in [5.74, 6) is 2.18. The van der Waals surface area contributed by atoms with Gasteiger partial charge in [0.25, 0.3) is 0 Å². The fourth-order valence-corrected chi connectivity index (χ4v) is 3.32. The summed E-state index contributed by atoms with van der Waals surface area (Å²) in [6, 6.07) is 8.59. The highest BCUT2D eigenvalue weighted by Crippen LogP contribution is 2.46. The van der Waals surface area contributed by atoms with Gasteiger partial charge in [0.05, 0.1) is 6.61 Å². The van der Waals surface area contributed by atoms with Crippen molar-refractivity contribution >= 4 is 0 Å². The molecule has 2 heteroatoms. The number of hydrogen-bond acceptors (Lipinski definition) is 2. The molecule has 1 aliphatic rings. The zero-order valence-corrected chi connectivity index (χ0v) is 12.5. The molecule has 1 aliphatic carbocycles. The molecule has 1 saturated carbocycles. The van der Waals surface area contributed by atoms with Crippen molar-refractivity contribution in [3.63, 3.8) is 0 Å². The number of benzene rings is 1. The Kier molecular flexibility index (Phi) is 4.51. The van der Waals surface area contributed by atoms with E-state index in [0.717, 1.165) is 18.9 Å². The maximum absolute atomic E-state index is 5.99. The smallest absolute Gasteiger partial charge is 0.119 e. The van der Waals surface area contributed by atoms with E-state index in [4.69, 9.17) is 10.5 Å². The van der Waals surface area contributed by atoms with Crippen LogP contribution >= 0.6 is 0 Å². The van der Waals surface area contributed by atoms with Crippen molar-refractivity contribution in [1.29, 1.82) is 0 Å². The Bertz CT molecular complexity index is 413. The van der Waals surface area contributed by atoms with E-state index in [2.05, 4.69) is 32.0 Å². The molecule has 0 radical (unpaired) electrons. The van der Waals surface area contributed by atoms with Gasteiger partial charge < -0.3 is 10.5 Å². The van der Waals surface area contributed by atoms with Gasteiger partial charge in [0.2, 0.25) is 0 Å². The first kappa shape index (κ1) is 14.4. The van der Waals surface area contributed by atoms with Gasteiger partial charge in [-0.2, -0.15) is 0 Å². The van der Waals surface area contributed by atoms with E-state index in [0.29, 0.717) is 17.3 Å². The van der Waals surface area contributed by atoms with Crippen LogP contribution in [0.5, 0.6) is 5.75 Å². The van der Waals surface area contributed by atoms with E-state index in [-0.39, 0.29) is 0 Å². The summed E-state index contributed by atoms with van der Waals surface area (Å²) >= 11 is 0. The first-order chi connectivity index (χ1) is 9.05. The Morgan fingerprint density at radius 2 is 2.16 bits per heavy atom. The molecule has 0 bridgehead atoms. The van der Waals surface area contributed by atoms with Crippen LogP contribution in [0, 0.1) is 11.3 Å². The number of nitrogens with two attached hydrogens (primary N) is 1. The highest BCUT2D eigenvalue weighted by molar-refractivity contribution is 5.32. The van der Waals surface area contributed by atoms with Crippen LogP contribution in [0.15, 0.2) is 24.3 Å². The Balaban J connectivity index is 2.23. The van der Waals surface area contributed by atoms with Gasteiger partial charge in [-0.15, -0.1) is 0 Å². The molecule has 1 aromatic carbocycles. The summed E-state index contributed by atoms with van der Waals surface area (Å²) in [4.78, 5) is 0. The molecule has 106 valence electrons. The molecule has 2 unspecified atom stereocenters. The highest BCUT2D eigenvalue weighted by Gasteiger charge is 2.35. The van der Waals surface area contributed by atoms with E-state index in [1.807, 2.05) is 13.0 Å². The normalized spacial score (nSPS) is 26.1. The minimum Gasteiger partial charge on any atom is -0.494 e. The van der Waals surface area contributed by atoms with Crippen LogP contribution < -0.4 is 10.5 Å². The molecule has 2 atom stereocenters. The summed E-state index contributed by atoms with van der Waals surface area (Å²) in [5.41, 5.74) is 7.81. The van der Waals surface area contributed by atoms with Crippen LogP contribution in [0.3, 0.4) is 0 Å². The highest BCUT2D eigenvalue weighted by atomic mass is 16.5. The van der Waals surface area contributed by atoms with Gasteiger partial charge in [-0.05, 0) is 67.7 Å².